The molecule has 0 saturated carbocycles. The number of thiophene rings is 1. The third-order valence-electron chi connectivity index (χ3n) is 4.58. The Labute approximate surface area is 172 Å². The van der Waals surface area contributed by atoms with Crippen LogP contribution in [0.1, 0.15) is 17.4 Å². The standard InChI is InChI=1S/C21H23N3O2S2/c1-5-12-24-20(26)18-14(3)15(4)28-19(18)22-21(24)27-13-17(25)23(6-2)16-10-8-7-9-11-16/h5,7-11H,1,6,12-13H2,2-4H3. The molecule has 0 aliphatic heterocycles. The van der Waals surface area contributed by atoms with Gasteiger partial charge in [0.15, 0.2) is 5.16 Å². The number of para-hydroxylation sites is 1. The van der Waals surface area contributed by atoms with Crippen molar-refractivity contribution in [2.24, 2.45) is 0 Å². The van der Waals surface area contributed by atoms with Crippen molar-refractivity contribution in [3.63, 3.8) is 0 Å². The molecular formula is C21H23N3O2S2. The Morgan fingerprint density at radius 3 is 2.68 bits per heavy atom. The number of thioether (sulfide) groups is 1. The van der Waals surface area contributed by atoms with Gasteiger partial charge < -0.3 is 4.90 Å². The molecule has 2 heterocycles. The zero-order chi connectivity index (χ0) is 20.3. The van der Waals surface area contributed by atoms with Crippen LogP contribution in [0.5, 0.6) is 0 Å². The van der Waals surface area contributed by atoms with Crippen molar-refractivity contribution in [3.8, 4) is 0 Å². The van der Waals surface area contributed by atoms with E-state index in [0.717, 1.165) is 21.0 Å². The van der Waals surface area contributed by atoms with Crippen LogP contribution in [0.4, 0.5) is 5.69 Å². The lowest BCUT2D eigenvalue weighted by Gasteiger charge is -2.21. The van der Waals surface area contributed by atoms with E-state index in [2.05, 4.69) is 6.58 Å². The van der Waals surface area contributed by atoms with Gasteiger partial charge in [-0.3, -0.25) is 14.2 Å². The van der Waals surface area contributed by atoms with E-state index in [-0.39, 0.29) is 17.2 Å². The molecule has 0 fully saturated rings. The van der Waals surface area contributed by atoms with Gasteiger partial charge in [0.1, 0.15) is 4.83 Å². The van der Waals surface area contributed by atoms with Crippen molar-refractivity contribution in [3.05, 3.63) is 63.8 Å². The Kier molecular flexibility index (Phi) is 6.36. The van der Waals surface area contributed by atoms with E-state index in [1.165, 1.54) is 23.1 Å². The summed E-state index contributed by atoms with van der Waals surface area (Å²) in [5.41, 5.74) is 1.77. The molecule has 28 heavy (non-hydrogen) atoms. The molecule has 1 amide bonds. The summed E-state index contributed by atoms with van der Waals surface area (Å²) in [6.45, 7) is 10.6. The minimum atomic E-state index is -0.0721. The second-order valence-corrected chi connectivity index (χ2v) is 8.47. The van der Waals surface area contributed by atoms with E-state index in [9.17, 15) is 9.59 Å². The third kappa shape index (κ3) is 3.91. The van der Waals surface area contributed by atoms with Crippen molar-refractivity contribution < 1.29 is 4.79 Å². The lowest BCUT2D eigenvalue weighted by atomic mass is 10.2. The molecule has 1 aromatic carbocycles. The van der Waals surface area contributed by atoms with Gasteiger partial charge in [-0.05, 0) is 38.5 Å². The molecule has 0 bridgehead atoms. The Bertz CT molecular complexity index is 1070. The van der Waals surface area contributed by atoms with Gasteiger partial charge in [-0.15, -0.1) is 17.9 Å². The summed E-state index contributed by atoms with van der Waals surface area (Å²) in [7, 11) is 0. The molecule has 7 heteroatoms. The SMILES string of the molecule is C=CCn1c(SCC(=O)N(CC)c2ccccc2)nc2sc(C)c(C)c2c1=O. The Balaban J connectivity index is 1.91. The quantitative estimate of drug-likeness (QED) is 0.327. The number of carbonyl (C=O) groups is 1. The fourth-order valence-electron chi connectivity index (χ4n) is 3.02. The summed E-state index contributed by atoms with van der Waals surface area (Å²) in [5.74, 6) is 0.193. The molecule has 5 nitrogen and oxygen atoms in total. The number of allylic oxidation sites excluding steroid dienone is 1. The van der Waals surface area contributed by atoms with Crippen LogP contribution in [0.3, 0.4) is 0 Å². The molecule has 0 atom stereocenters. The molecule has 3 aromatic rings. The summed E-state index contributed by atoms with van der Waals surface area (Å²) in [5, 5.41) is 1.22. The van der Waals surface area contributed by atoms with Crippen LogP contribution in [0.2, 0.25) is 0 Å². The van der Waals surface area contributed by atoms with Gasteiger partial charge in [-0.2, -0.15) is 0 Å². The number of rotatable bonds is 7. The Morgan fingerprint density at radius 2 is 2.04 bits per heavy atom. The van der Waals surface area contributed by atoms with E-state index in [1.54, 1.807) is 15.5 Å². The largest absolute Gasteiger partial charge is 0.312 e. The minimum absolute atomic E-state index is 0.0169. The molecule has 0 N–H and O–H groups in total. The van der Waals surface area contributed by atoms with Gasteiger partial charge in [0.2, 0.25) is 5.91 Å². The number of anilines is 1. The molecule has 3 rings (SSSR count). The second-order valence-electron chi connectivity index (χ2n) is 6.32. The fraction of sp³-hybridized carbons (Fsp3) is 0.286. The van der Waals surface area contributed by atoms with Crippen LogP contribution in [0.25, 0.3) is 10.2 Å². The number of aromatic nitrogens is 2. The highest BCUT2D eigenvalue weighted by atomic mass is 32.2. The van der Waals surface area contributed by atoms with E-state index in [0.29, 0.717) is 23.6 Å². The van der Waals surface area contributed by atoms with Gasteiger partial charge in [0.25, 0.3) is 5.56 Å². The van der Waals surface area contributed by atoms with E-state index in [4.69, 9.17) is 4.98 Å². The molecule has 0 saturated heterocycles. The number of benzene rings is 1. The van der Waals surface area contributed by atoms with Crippen molar-refractivity contribution in [2.75, 3.05) is 17.2 Å². The van der Waals surface area contributed by atoms with Crippen molar-refractivity contribution in [1.29, 1.82) is 0 Å². The predicted molar refractivity (Wildman–Crippen MR) is 119 cm³/mol. The van der Waals surface area contributed by atoms with Crippen LogP contribution in [-0.2, 0) is 11.3 Å². The summed E-state index contributed by atoms with van der Waals surface area (Å²) < 4.78 is 1.60. The van der Waals surface area contributed by atoms with Gasteiger partial charge in [0, 0.05) is 23.7 Å². The van der Waals surface area contributed by atoms with Crippen LogP contribution >= 0.6 is 23.1 Å². The van der Waals surface area contributed by atoms with Gasteiger partial charge >= 0.3 is 0 Å². The highest BCUT2D eigenvalue weighted by molar-refractivity contribution is 7.99. The highest BCUT2D eigenvalue weighted by Crippen LogP contribution is 2.28. The van der Waals surface area contributed by atoms with E-state index >= 15 is 0 Å². The lowest BCUT2D eigenvalue weighted by molar-refractivity contribution is -0.116. The second kappa shape index (κ2) is 8.75. The fourth-order valence-corrected chi connectivity index (χ4v) is 4.98. The lowest BCUT2D eigenvalue weighted by Crippen LogP contribution is -2.32. The first kappa shape index (κ1) is 20.4. The smallest absolute Gasteiger partial charge is 0.263 e. The number of carbonyl (C=O) groups excluding carboxylic acids is 1. The normalized spacial score (nSPS) is 11.0. The number of nitrogens with zero attached hydrogens (tertiary/aromatic N) is 3. The van der Waals surface area contributed by atoms with Crippen molar-refractivity contribution in [2.45, 2.75) is 32.5 Å². The topological polar surface area (TPSA) is 55.2 Å². The molecule has 2 aromatic heterocycles. The van der Waals surface area contributed by atoms with Gasteiger partial charge in [-0.25, -0.2) is 4.98 Å². The van der Waals surface area contributed by atoms with Crippen LogP contribution in [-0.4, -0.2) is 27.8 Å². The molecule has 0 spiro atoms. The maximum atomic E-state index is 13.0. The monoisotopic (exact) mass is 413 g/mol. The summed E-state index contributed by atoms with van der Waals surface area (Å²) in [6.07, 6.45) is 1.68. The number of hydrogen-bond donors (Lipinski definition) is 0. The molecule has 0 aliphatic rings. The molecule has 0 unspecified atom stereocenters. The average Bonchev–Trinajstić information content (AvgIpc) is 2.98. The molecule has 146 valence electrons. The average molecular weight is 414 g/mol. The summed E-state index contributed by atoms with van der Waals surface area (Å²) in [6, 6.07) is 9.59. The van der Waals surface area contributed by atoms with Crippen molar-refractivity contribution in [1.82, 2.24) is 9.55 Å². The minimum Gasteiger partial charge on any atom is -0.312 e. The highest BCUT2D eigenvalue weighted by Gasteiger charge is 2.19. The number of amides is 1. The number of aryl methyl sites for hydroxylation is 2. The number of fused-ring (bicyclic) bond motifs is 1. The zero-order valence-electron chi connectivity index (χ0n) is 16.3. The van der Waals surface area contributed by atoms with Crippen molar-refractivity contribution >= 4 is 44.9 Å². The van der Waals surface area contributed by atoms with Gasteiger partial charge in [0.05, 0.1) is 11.1 Å². The van der Waals surface area contributed by atoms with E-state index in [1.807, 2.05) is 51.1 Å². The zero-order valence-corrected chi connectivity index (χ0v) is 17.9. The first-order chi connectivity index (χ1) is 13.5. The van der Waals surface area contributed by atoms with E-state index < -0.39 is 0 Å². The first-order valence-electron chi connectivity index (χ1n) is 9.07. The Morgan fingerprint density at radius 1 is 1.32 bits per heavy atom. The van der Waals surface area contributed by atoms with Crippen LogP contribution in [0.15, 0.2) is 52.9 Å². The number of hydrogen-bond acceptors (Lipinski definition) is 5. The maximum Gasteiger partial charge on any atom is 0.263 e. The Hall–Kier alpha value is -2.38. The molecule has 0 aliphatic carbocycles. The maximum absolute atomic E-state index is 13.0. The molecule has 0 radical (unpaired) electrons. The predicted octanol–water partition coefficient (Wildman–Crippen LogP) is 4.41. The third-order valence-corrected chi connectivity index (χ3v) is 6.64. The first-order valence-corrected chi connectivity index (χ1v) is 10.9. The summed E-state index contributed by atoms with van der Waals surface area (Å²) in [4.78, 5) is 34.0. The summed E-state index contributed by atoms with van der Waals surface area (Å²) >= 11 is 2.81. The van der Waals surface area contributed by atoms with Crippen LogP contribution < -0.4 is 10.5 Å². The molecular weight excluding hydrogens is 390 g/mol. The van der Waals surface area contributed by atoms with Crippen LogP contribution in [0, 0.1) is 13.8 Å². The van der Waals surface area contributed by atoms with Gasteiger partial charge in [-0.1, -0.05) is 36.0 Å².